The maximum absolute atomic E-state index is 6.63. The average molecular weight is 319 g/mol. The Kier molecular flexibility index (Phi) is 2.95. The molecule has 0 aromatic heterocycles. The van der Waals surface area contributed by atoms with Gasteiger partial charge in [0.1, 0.15) is 0 Å². The van der Waals surface area contributed by atoms with E-state index < -0.39 is 0 Å². The molecule has 22 heavy (non-hydrogen) atoms. The molecule has 3 aliphatic carbocycles. The predicted octanol–water partition coefficient (Wildman–Crippen LogP) is 4.00. The minimum Gasteiger partial charge on any atom is -0.399 e. The van der Waals surface area contributed by atoms with Gasteiger partial charge in [0.25, 0.3) is 0 Å². The predicted molar refractivity (Wildman–Crippen MR) is 90.9 cm³/mol. The van der Waals surface area contributed by atoms with Crippen molar-refractivity contribution in [3.63, 3.8) is 0 Å². The summed E-state index contributed by atoms with van der Waals surface area (Å²) >= 11 is 6.63. The summed E-state index contributed by atoms with van der Waals surface area (Å²) in [6, 6.07) is 4.35. The van der Waals surface area contributed by atoms with Crippen LogP contribution in [-0.2, 0) is 14.7 Å². The van der Waals surface area contributed by atoms with E-state index in [9.17, 15) is 0 Å². The van der Waals surface area contributed by atoms with Crippen LogP contribution in [-0.4, -0.2) is 18.3 Å². The lowest BCUT2D eigenvalue weighted by Crippen LogP contribution is -2.55. The lowest BCUT2D eigenvalue weighted by atomic mass is 9.42. The number of halogens is 1. The molecule has 4 fully saturated rings. The lowest BCUT2D eigenvalue weighted by Gasteiger charge is -2.62. The quantitative estimate of drug-likeness (QED) is 0.767. The first-order chi connectivity index (χ1) is 10.1. The fraction of sp³-hybridized carbons (Fsp3) is 0.667. The van der Waals surface area contributed by atoms with Crippen molar-refractivity contribution in [2.24, 2.45) is 5.92 Å². The van der Waals surface area contributed by atoms with Crippen molar-refractivity contribution in [2.45, 2.75) is 70.5 Å². The van der Waals surface area contributed by atoms with Crippen LogP contribution in [0.25, 0.3) is 0 Å². The summed E-state index contributed by atoms with van der Waals surface area (Å²) in [5.74, 6) is 0.958. The molecule has 0 radical (unpaired) electrons. The van der Waals surface area contributed by atoms with E-state index in [0.717, 1.165) is 16.4 Å². The molecule has 1 aromatic rings. The summed E-state index contributed by atoms with van der Waals surface area (Å²) in [6.45, 7) is 10.5. The Morgan fingerprint density at radius 2 is 1.59 bits per heavy atom. The van der Waals surface area contributed by atoms with Crippen LogP contribution in [0, 0.1) is 12.8 Å². The molecular weight excluding hydrogens is 294 g/mol. The largest absolute Gasteiger partial charge is 0.495 e. The van der Waals surface area contributed by atoms with Gasteiger partial charge < -0.3 is 9.31 Å². The summed E-state index contributed by atoms with van der Waals surface area (Å²) < 4.78 is 12.4. The molecule has 0 N–H and O–H groups in total. The van der Waals surface area contributed by atoms with Crippen LogP contribution in [0.5, 0.6) is 0 Å². The summed E-state index contributed by atoms with van der Waals surface area (Å²) in [6.07, 6.45) is 3.96. The van der Waals surface area contributed by atoms with E-state index in [4.69, 9.17) is 20.9 Å². The molecule has 0 amide bonds. The molecule has 0 unspecified atom stereocenters. The zero-order valence-corrected chi connectivity index (χ0v) is 14.9. The zero-order chi connectivity index (χ0) is 15.9. The van der Waals surface area contributed by atoms with E-state index >= 15 is 0 Å². The van der Waals surface area contributed by atoms with Gasteiger partial charge in [-0.15, -0.1) is 0 Å². The van der Waals surface area contributed by atoms with Gasteiger partial charge in [0.05, 0.1) is 11.2 Å². The van der Waals surface area contributed by atoms with Gasteiger partial charge in [-0.2, -0.15) is 0 Å². The molecule has 5 rings (SSSR count). The highest BCUT2D eigenvalue weighted by Crippen LogP contribution is 2.66. The monoisotopic (exact) mass is 318 g/mol. The highest BCUT2D eigenvalue weighted by molar-refractivity contribution is 6.63. The SMILES string of the molecule is Cc1cc(C23CC(C2)C3)c(Cl)cc1B1OC(C)(C)C(C)(C)O1. The van der Waals surface area contributed by atoms with Gasteiger partial charge in [-0.1, -0.05) is 23.2 Å². The molecule has 3 saturated carbocycles. The molecule has 118 valence electrons. The maximum Gasteiger partial charge on any atom is 0.495 e. The minimum absolute atomic E-state index is 0.316. The lowest BCUT2D eigenvalue weighted by molar-refractivity contribution is -0.0273. The van der Waals surface area contributed by atoms with E-state index in [1.807, 2.05) is 0 Å². The van der Waals surface area contributed by atoms with Crippen LogP contribution in [0.2, 0.25) is 5.02 Å². The Morgan fingerprint density at radius 3 is 2.05 bits per heavy atom. The van der Waals surface area contributed by atoms with Gasteiger partial charge in [0.15, 0.2) is 0 Å². The Labute approximate surface area is 138 Å². The normalized spacial score (nSPS) is 34.3. The van der Waals surface area contributed by atoms with Crippen molar-refractivity contribution >= 4 is 24.2 Å². The molecule has 2 bridgehead atoms. The molecule has 0 atom stereocenters. The summed E-state index contributed by atoms with van der Waals surface area (Å²) in [4.78, 5) is 0. The number of hydrogen-bond acceptors (Lipinski definition) is 2. The molecule has 4 aliphatic rings. The van der Waals surface area contributed by atoms with Crippen molar-refractivity contribution in [2.75, 3.05) is 0 Å². The molecule has 4 heteroatoms. The molecule has 1 aliphatic heterocycles. The van der Waals surface area contributed by atoms with Crippen LogP contribution in [0.1, 0.15) is 58.1 Å². The standard InChI is InChI=1S/C18H24BClO2/c1-11-6-13(18-8-12(9-18)10-18)15(20)7-14(11)19-21-16(2,3)17(4,5)22-19/h6-7,12H,8-10H2,1-5H3. The van der Waals surface area contributed by atoms with Crippen LogP contribution in [0.4, 0.5) is 0 Å². The van der Waals surface area contributed by atoms with Gasteiger partial charge in [-0.25, -0.2) is 0 Å². The molecule has 1 aromatic carbocycles. The number of rotatable bonds is 2. The maximum atomic E-state index is 6.63. The fourth-order valence-electron chi connectivity index (χ4n) is 4.14. The van der Waals surface area contributed by atoms with Crippen molar-refractivity contribution in [3.8, 4) is 0 Å². The van der Waals surface area contributed by atoms with Crippen LogP contribution >= 0.6 is 11.6 Å². The molecule has 1 heterocycles. The summed E-state index contributed by atoms with van der Waals surface area (Å²) in [7, 11) is -0.329. The van der Waals surface area contributed by atoms with Gasteiger partial charge in [0, 0.05) is 5.02 Å². The third-order valence-corrected chi connectivity index (χ3v) is 6.79. The van der Waals surface area contributed by atoms with Gasteiger partial charge in [-0.05, 0) is 82.3 Å². The highest BCUT2D eigenvalue weighted by atomic mass is 35.5. The Hall–Kier alpha value is -0.505. The first-order valence-electron chi connectivity index (χ1n) is 8.30. The fourth-order valence-corrected chi connectivity index (χ4v) is 4.51. The van der Waals surface area contributed by atoms with Crippen molar-refractivity contribution in [3.05, 3.63) is 28.3 Å². The third-order valence-electron chi connectivity index (χ3n) is 6.47. The Bertz CT molecular complexity index is 620. The average Bonchev–Trinajstić information content (AvgIpc) is 2.48. The van der Waals surface area contributed by atoms with E-state index in [1.54, 1.807) is 0 Å². The van der Waals surface area contributed by atoms with Crippen molar-refractivity contribution < 1.29 is 9.31 Å². The van der Waals surface area contributed by atoms with Gasteiger partial charge in [0.2, 0.25) is 0 Å². The summed E-state index contributed by atoms with van der Waals surface area (Å²) in [5, 5.41) is 0.883. The number of aryl methyl sites for hydroxylation is 1. The molecular formula is C18H24BClO2. The minimum atomic E-state index is -0.329. The van der Waals surface area contributed by atoms with Crippen molar-refractivity contribution in [1.29, 1.82) is 0 Å². The molecule has 1 saturated heterocycles. The van der Waals surface area contributed by atoms with Crippen LogP contribution in [0.3, 0.4) is 0 Å². The van der Waals surface area contributed by atoms with E-state index in [0.29, 0.717) is 5.41 Å². The third kappa shape index (κ3) is 1.88. The number of benzene rings is 1. The van der Waals surface area contributed by atoms with E-state index in [1.165, 1.54) is 30.4 Å². The van der Waals surface area contributed by atoms with Crippen LogP contribution in [0.15, 0.2) is 12.1 Å². The highest BCUT2D eigenvalue weighted by Gasteiger charge is 2.58. The summed E-state index contributed by atoms with van der Waals surface area (Å²) in [5.41, 5.74) is 3.39. The number of hydrogen-bond donors (Lipinski definition) is 0. The smallest absolute Gasteiger partial charge is 0.399 e. The van der Waals surface area contributed by atoms with E-state index in [-0.39, 0.29) is 18.3 Å². The Morgan fingerprint density at radius 1 is 1.05 bits per heavy atom. The first kappa shape index (κ1) is 15.0. The zero-order valence-electron chi connectivity index (χ0n) is 14.1. The second-order valence-corrected chi connectivity index (χ2v) is 8.94. The second-order valence-electron chi connectivity index (χ2n) is 8.54. The molecule has 0 spiro atoms. The second kappa shape index (κ2) is 4.31. The van der Waals surface area contributed by atoms with Gasteiger partial charge in [-0.3, -0.25) is 0 Å². The van der Waals surface area contributed by atoms with Gasteiger partial charge >= 0.3 is 7.12 Å². The first-order valence-corrected chi connectivity index (χ1v) is 8.68. The molecule has 2 nitrogen and oxygen atoms in total. The van der Waals surface area contributed by atoms with E-state index in [2.05, 4.69) is 46.8 Å². The Balaban J connectivity index is 1.68. The topological polar surface area (TPSA) is 18.5 Å². The van der Waals surface area contributed by atoms with Crippen LogP contribution < -0.4 is 5.46 Å². The van der Waals surface area contributed by atoms with Crippen molar-refractivity contribution in [1.82, 2.24) is 0 Å².